The van der Waals surface area contributed by atoms with Crippen molar-refractivity contribution in [2.75, 3.05) is 59.2 Å². The zero-order valence-corrected chi connectivity index (χ0v) is 18.7. The van der Waals surface area contributed by atoms with Crippen LogP contribution in [0.4, 0.5) is 0 Å². The van der Waals surface area contributed by atoms with Gasteiger partial charge in [0.05, 0.1) is 32.1 Å². The summed E-state index contributed by atoms with van der Waals surface area (Å²) in [5.41, 5.74) is 0. The Labute approximate surface area is 183 Å². The standard InChI is InChI=1S/C22H34N4O3S/c1-2-27-13-5-9-23-22(24-10-8-19-6-3-14-29-19)25-18-20(21-7-4-17-30-21)26-11-15-28-16-12-26/h3-4,6-7,14,17,20H,2,5,8-13,15-16,18H2,1H3,(H2,23,24,25). The highest BCUT2D eigenvalue weighted by atomic mass is 32.1. The number of hydrogen-bond donors (Lipinski definition) is 2. The second-order valence-corrected chi connectivity index (χ2v) is 8.08. The molecule has 2 aromatic rings. The minimum atomic E-state index is 0.279. The van der Waals surface area contributed by atoms with Crippen LogP contribution in [0.15, 0.2) is 45.3 Å². The summed E-state index contributed by atoms with van der Waals surface area (Å²) in [5, 5.41) is 9.04. The van der Waals surface area contributed by atoms with Crippen LogP contribution in [-0.2, 0) is 15.9 Å². The van der Waals surface area contributed by atoms with Crippen molar-refractivity contribution in [3.8, 4) is 0 Å². The van der Waals surface area contributed by atoms with E-state index in [0.29, 0.717) is 6.54 Å². The van der Waals surface area contributed by atoms with E-state index in [4.69, 9.17) is 18.9 Å². The number of morpholine rings is 1. The third-order valence-corrected chi connectivity index (χ3v) is 5.96. The molecular formula is C22H34N4O3S. The monoisotopic (exact) mass is 434 g/mol. The second kappa shape index (κ2) is 13.4. The molecule has 1 saturated heterocycles. The minimum Gasteiger partial charge on any atom is -0.469 e. The number of furan rings is 1. The largest absolute Gasteiger partial charge is 0.469 e. The highest BCUT2D eigenvalue weighted by Gasteiger charge is 2.23. The third-order valence-electron chi connectivity index (χ3n) is 4.99. The van der Waals surface area contributed by atoms with Crippen LogP contribution in [0.2, 0.25) is 0 Å². The Morgan fingerprint density at radius 1 is 1.23 bits per heavy atom. The first-order chi connectivity index (χ1) is 14.9. The molecule has 3 heterocycles. The summed E-state index contributed by atoms with van der Waals surface area (Å²) < 4.78 is 16.4. The van der Waals surface area contributed by atoms with Gasteiger partial charge in [-0.15, -0.1) is 11.3 Å². The molecule has 0 spiro atoms. The Kier molecular flexibility index (Phi) is 10.2. The average Bonchev–Trinajstić information content (AvgIpc) is 3.49. The maximum atomic E-state index is 5.55. The molecule has 2 aromatic heterocycles. The van der Waals surface area contributed by atoms with Crippen molar-refractivity contribution in [3.05, 3.63) is 46.5 Å². The quantitative estimate of drug-likeness (QED) is 0.304. The van der Waals surface area contributed by atoms with Gasteiger partial charge in [-0.1, -0.05) is 6.07 Å². The van der Waals surface area contributed by atoms with E-state index in [1.54, 1.807) is 17.6 Å². The summed E-state index contributed by atoms with van der Waals surface area (Å²) in [6, 6.07) is 8.52. The summed E-state index contributed by atoms with van der Waals surface area (Å²) >= 11 is 1.80. The number of aliphatic imine (C=N–C) groups is 1. The predicted molar refractivity (Wildman–Crippen MR) is 121 cm³/mol. The molecule has 1 aliphatic heterocycles. The number of ether oxygens (including phenoxy) is 2. The van der Waals surface area contributed by atoms with Gasteiger partial charge in [0.15, 0.2) is 5.96 Å². The number of nitrogens with one attached hydrogen (secondary N) is 2. The summed E-state index contributed by atoms with van der Waals surface area (Å²) in [7, 11) is 0. The SMILES string of the molecule is CCOCCCNC(=NCC(c1cccs1)N1CCOCC1)NCCc1ccco1. The van der Waals surface area contributed by atoms with E-state index in [1.165, 1.54) is 4.88 Å². The van der Waals surface area contributed by atoms with Crippen LogP contribution >= 0.6 is 11.3 Å². The maximum Gasteiger partial charge on any atom is 0.191 e. The number of guanidine groups is 1. The molecular weight excluding hydrogens is 400 g/mol. The van der Waals surface area contributed by atoms with Gasteiger partial charge in [0.25, 0.3) is 0 Å². The number of hydrogen-bond acceptors (Lipinski definition) is 6. The van der Waals surface area contributed by atoms with E-state index >= 15 is 0 Å². The summed E-state index contributed by atoms with van der Waals surface area (Å²) in [6.07, 6.45) is 3.49. The van der Waals surface area contributed by atoms with Crippen LogP contribution in [0.25, 0.3) is 0 Å². The first-order valence-electron chi connectivity index (χ1n) is 10.8. The van der Waals surface area contributed by atoms with E-state index in [2.05, 4.69) is 33.0 Å². The van der Waals surface area contributed by atoms with E-state index in [-0.39, 0.29) is 6.04 Å². The van der Waals surface area contributed by atoms with Gasteiger partial charge in [-0.25, -0.2) is 0 Å². The van der Waals surface area contributed by atoms with Crippen molar-refractivity contribution < 1.29 is 13.9 Å². The topological polar surface area (TPSA) is 71.3 Å². The Bertz CT molecular complexity index is 700. The molecule has 1 atom stereocenters. The van der Waals surface area contributed by atoms with Crippen molar-refractivity contribution in [1.29, 1.82) is 0 Å². The fourth-order valence-electron chi connectivity index (χ4n) is 3.39. The molecule has 0 aliphatic carbocycles. The first kappa shape index (κ1) is 22.8. The van der Waals surface area contributed by atoms with Crippen LogP contribution in [0.3, 0.4) is 0 Å². The van der Waals surface area contributed by atoms with Gasteiger partial charge >= 0.3 is 0 Å². The Morgan fingerprint density at radius 2 is 2.10 bits per heavy atom. The molecule has 0 aromatic carbocycles. The van der Waals surface area contributed by atoms with Crippen molar-refractivity contribution in [2.24, 2.45) is 4.99 Å². The van der Waals surface area contributed by atoms with E-state index in [0.717, 1.165) is 77.2 Å². The van der Waals surface area contributed by atoms with Crippen LogP contribution < -0.4 is 10.6 Å². The van der Waals surface area contributed by atoms with Crippen molar-refractivity contribution in [3.63, 3.8) is 0 Å². The molecule has 7 nitrogen and oxygen atoms in total. The lowest BCUT2D eigenvalue weighted by Crippen LogP contribution is -2.42. The average molecular weight is 435 g/mol. The molecule has 166 valence electrons. The van der Waals surface area contributed by atoms with Crippen LogP contribution in [0, 0.1) is 0 Å². The molecule has 1 unspecified atom stereocenters. The van der Waals surface area contributed by atoms with Gasteiger partial charge in [0.1, 0.15) is 5.76 Å². The van der Waals surface area contributed by atoms with E-state index < -0.39 is 0 Å². The number of rotatable bonds is 12. The molecule has 1 aliphatic rings. The van der Waals surface area contributed by atoms with Crippen molar-refractivity contribution in [1.82, 2.24) is 15.5 Å². The summed E-state index contributed by atoms with van der Waals surface area (Å²) in [5.74, 6) is 1.82. The van der Waals surface area contributed by atoms with Gasteiger partial charge in [0.2, 0.25) is 0 Å². The van der Waals surface area contributed by atoms with E-state index in [1.807, 2.05) is 19.1 Å². The molecule has 0 saturated carbocycles. The summed E-state index contributed by atoms with van der Waals surface area (Å²) in [6.45, 7) is 9.31. The lowest BCUT2D eigenvalue weighted by molar-refractivity contribution is 0.0186. The fraction of sp³-hybridized carbons (Fsp3) is 0.591. The molecule has 2 N–H and O–H groups in total. The normalized spacial score (nSPS) is 16.5. The molecule has 0 amide bonds. The smallest absolute Gasteiger partial charge is 0.191 e. The molecule has 8 heteroatoms. The van der Waals surface area contributed by atoms with Gasteiger partial charge in [-0.05, 0) is 36.9 Å². The number of thiophene rings is 1. The van der Waals surface area contributed by atoms with Crippen molar-refractivity contribution >= 4 is 17.3 Å². The number of nitrogens with zero attached hydrogens (tertiary/aromatic N) is 2. The maximum absolute atomic E-state index is 5.55. The third kappa shape index (κ3) is 7.75. The lowest BCUT2D eigenvalue weighted by atomic mass is 10.2. The molecule has 0 radical (unpaired) electrons. The van der Waals surface area contributed by atoms with Crippen LogP contribution in [0.1, 0.15) is 30.0 Å². The van der Waals surface area contributed by atoms with Gasteiger partial charge in [-0.3, -0.25) is 9.89 Å². The van der Waals surface area contributed by atoms with Gasteiger partial charge in [-0.2, -0.15) is 0 Å². The Hall–Kier alpha value is -1.87. The highest BCUT2D eigenvalue weighted by molar-refractivity contribution is 7.10. The zero-order valence-electron chi connectivity index (χ0n) is 17.8. The molecule has 0 bridgehead atoms. The molecule has 1 fully saturated rings. The van der Waals surface area contributed by atoms with Gasteiger partial charge in [0, 0.05) is 50.7 Å². The van der Waals surface area contributed by atoms with Crippen LogP contribution in [0.5, 0.6) is 0 Å². The second-order valence-electron chi connectivity index (χ2n) is 7.10. The minimum absolute atomic E-state index is 0.279. The summed E-state index contributed by atoms with van der Waals surface area (Å²) in [4.78, 5) is 8.77. The van der Waals surface area contributed by atoms with Crippen LogP contribution in [-0.4, -0.2) is 70.0 Å². The molecule has 3 rings (SSSR count). The zero-order chi connectivity index (χ0) is 20.9. The molecule has 30 heavy (non-hydrogen) atoms. The highest BCUT2D eigenvalue weighted by Crippen LogP contribution is 2.26. The Morgan fingerprint density at radius 3 is 2.83 bits per heavy atom. The van der Waals surface area contributed by atoms with E-state index in [9.17, 15) is 0 Å². The van der Waals surface area contributed by atoms with Gasteiger partial charge < -0.3 is 24.5 Å². The first-order valence-corrected chi connectivity index (χ1v) is 11.7. The lowest BCUT2D eigenvalue weighted by Gasteiger charge is -2.33. The fourth-order valence-corrected chi connectivity index (χ4v) is 4.24. The predicted octanol–water partition coefficient (Wildman–Crippen LogP) is 2.92. The van der Waals surface area contributed by atoms with Crippen molar-refractivity contribution in [2.45, 2.75) is 25.8 Å². The Balaban J connectivity index is 1.59.